The number of aromatic nitrogens is 2. The maximum Gasteiger partial charge on any atom is 0.437 e. The number of piperidine rings is 1. The average Bonchev–Trinajstić information content (AvgIpc) is 2.92. The number of rotatable bonds is 6. The third-order valence-electron chi connectivity index (χ3n) is 7.20. The largest absolute Gasteiger partial charge is 0.437 e. The lowest BCUT2D eigenvalue weighted by Gasteiger charge is -2.47. The van der Waals surface area contributed by atoms with Gasteiger partial charge in [0.05, 0.1) is 6.20 Å². The highest BCUT2D eigenvalue weighted by atomic mass is 35.5. The van der Waals surface area contributed by atoms with Crippen molar-refractivity contribution < 1.29 is 22.8 Å². The molecule has 3 heterocycles. The molecule has 0 aliphatic carbocycles. The van der Waals surface area contributed by atoms with Crippen LogP contribution in [0.4, 0.5) is 19.0 Å². The van der Waals surface area contributed by atoms with E-state index in [4.69, 9.17) is 11.6 Å². The number of hydrogen-bond donors (Lipinski definition) is 1. The molecular formula is C26H32ClF3N6O2. The highest BCUT2D eigenvalue weighted by Gasteiger charge is 2.41. The molecule has 0 unspecified atom stereocenters. The van der Waals surface area contributed by atoms with Crippen LogP contribution in [0.3, 0.4) is 0 Å². The fraction of sp³-hybridized carbons (Fsp3) is 0.538. The number of hydrogen-bond acceptors (Lipinski definition) is 6. The summed E-state index contributed by atoms with van der Waals surface area (Å²) < 4.78 is 41.7. The van der Waals surface area contributed by atoms with Crippen LogP contribution in [0.5, 0.6) is 0 Å². The van der Waals surface area contributed by atoms with Crippen molar-refractivity contribution in [1.29, 1.82) is 0 Å². The lowest BCUT2D eigenvalue weighted by molar-refractivity contribution is -0.141. The second kappa shape index (κ2) is 11.9. The van der Waals surface area contributed by atoms with E-state index in [-0.39, 0.29) is 36.0 Å². The third kappa shape index (κ3) is 6.20. The summed E-state index contributed by atoms with van der Waals surface area (Å²) in [5.41, 5.74) is -0.889. The van der Waals surface area contributed by atoms with Crippen molar-refractivity contribution in [3.8, 4) is 0 Å². The van der Waals surface area contributed by atoms with Gasteiger partial charge in [0.15, 0.2) is 11.5 Å². The molecule has 1 N–H and O–H groups in total. The first kappa shape index (κ1) is 28.1. The van der Waals surface area contributed by atoms with Crippen molar-refractivity contribution in [2.75, 3.05) is 44.2 Å². The number of nitrogens with one attached hydrogen (secondary N) is 1. The number of carbonyl (C=O) groups excluding carboxylic acids is 2. The van der Waals surface area contributed by atoms with Gasteiger partial charge < -0.3 is 15.1 Å². The molecule has 0 saturated carbocycles. The van der Waals surface area contributed by atoms with E-state index < -0.39 is 17.8 Å². The molecule has 8 nitrogen and oxygen atoms in total. The Bertz CT molecular complexity index is 1140. The van der Waals surface area contributed by atoms with Crippen molar-refractivity contribution in [1.82, 2.24) is 25.1 Å². The Morgan fingerprint density at radius 2 is 1.76 bits per heavy atom. The Kier molecular flexibility index (Phi) is 8.77. The minimum Gasteiger partial charge on any atom is -0.352 e. The minimum atomic E-state index is -4.74. The highest BCUT2D eigenvalue weighted by Crippen LogP contribution is 2.35. The Labute approximate surface area is 225 Å². The Hall–Kier alpha value is -2.92. The normalized spacial score (nSPS) is 19.5. The first-order chi connectivity index (χ1) is 18.1. The van der Waals surface area contributed by atoms with Gasteiger partial charge in [-0.25, -0.2) is 9.97 Å². The zero-order chi connectivity index (χ0) is 27.4. The predicted molar refractivity (Wildman–Crippen MR) is 138 cm³/mol. The summed E-state index contributed by atoms with van der Waals surface area (Å²) in [4.78, 5) is 38.5. The molecule has 2 aromatic rings. The number of alkyl halides is 3. The van der Waals surface area contributed by atoms with Crippen LogP contribution in [-0.4, -0.2) is 82.9 Å². The number of likely N-dealkylation sites (tertiary alicyclic amines) is 1. The summed E-state index contributed by atoms with van der Waals surface area (Å²) in [5, 5.41) is 3.04. The zero-order valence-electron chi connectivity index (χ0n) is 21.5. The molecule has 12 heteroatoms. The van der Waals surface area contributed by atoms with Gasteiger partial charge in [-0.3, -0.25) is 14.5 Å². The van der Waals surface area contributed by atoms with Crippen LogP contribution in [-0.2, 0) is 6.18 Å². The average molecular weight is 553 g/mol. The minimum absolute atomic E-state index is 0.0219. The maximum absolute atomic E-state index is 13.9. The topological polar surface area (TPSA) is 81.7 Å². The molecule has 2 aliphatic heterocycles. The van der Waals surface area contributed by atoms with Gasteiger partial charge in [-0.05, 0) is 50.5 Å². The molecule has 2 aliphatic rings. The molecule has 1 aromatic carbocycles. The van der Waals surface area contributed by atoms with Crippen LogP contribution < -0.4 is 10.2 Å². The standard InChI is InChI=1S/C26H32ClF3N6O2/c1-3-19-16-35(23-22(26(28,29)30)33-21(15-32-23)24(37)31-4-2)13-14-36(19)20-9-11-34(12-10-20)25(38)17-5-7-18(27)8-6-17/h5-8,15,19-20H,3-4,9-14,16H2,1-2H3,(H,31,37)/t19-/m0/s1. The highest BCUT2D eigenvalue weighted by molar-refractivity contribution is 6.30. The lowest BCUT2D eigenvalue weighted by atomic mass is 9.97. The van der Waals surface area contributed by atoms with E-state index in [0.717, 1.165) is 25.5 Å². The van der Waals surface area contributed by atoms with Crippen LogP contribution in [0.2, 0.25) is 5.02 Å². The van der Waals surface area contributed by atoms with Crippen molar-refractivity contribution in [2.45, 2.75) is 51.4 Å². The number of benzene rings is 1. The lowest BCUT2D eigenvalue weighted by Crippen LogP contribution is -2.59. The van der Waals surface area contributed by atoms with Gasteiger partial charge in [0, 0.05) is 61.9 Å². The number of nitrogens with zero attached hydrogens (tertiary/aromatic N) is 5. The van der Waals surface area contributed by atoms with E-state index in [1.54, 1.807) is 36.1 Å². The fourth-order valence-electron chi connectivity index (χ4n) is 5.25. The van der Waals surface area contributed by atoms with E-state index >= 15 is 0 Å². The molecule has 206 valence electrons. The van der Waals surface area contributed by atoms with E-state index in [1.807, 2.05) is 11.8 Å². The van der Waals surface area contributed by atoms with E-state index in [1.165, 1.54) is 0 Å². The quantitative estimate of drug-likeness (QED) is 0.581. The molecule has 2 fully saturated rings. The number of amides is 2. The summed E-state index contributed by atoms with van der Waals surface area (Å²) in [6.45, 7) is 6.52. The molecule has 1 aromatic heterocycles. The third-order valence-corrected chi connectivity index (χ3v) is 7.45. The van der Waals surface area contributed by atoms with Gasteiger partial charge in [0.25, 0.3) is 11.8 Å². The Morgan fingerprint density at radius 1 is 1.08 bits per heavy atom. The van der Waals surface area contributed by atoms with Crippen LogP contribution in [0.25, 0.3) is 0 Å². The van der Waals surface area contributed by atoms with Crippen molar-refractivity contribution in [2.24, 2.45) is 0 Å². The first-order valence-corrected chi connectivity index (χ1v) is 13.3. The second-order valence-electron chi connectivity index (χ2n) is 9.56. The van der Waals surface area contributed by atoms with Crippen LogP contribution in [0.15, 0.2) is 30.5 Å². The number of halogens is 4. The van der Waals surface area contributed by atoms with Crippen LogP contribution >= 0.6 is 11.6 Å². The summed E-state index contributed by atoms with van der Waals surface area (Å²) in [5.74, 6) is -0.951. The van der Waals surface area contributed by atoms with Gasteiger partial charge in [-0.1, -0.05) is 18.5 Å². The molecular weight excluding hydrogens is 521 g/mol. The van der Waals surface area contributed by atoms with Gasteiger partial charge in [-0.15, -0.1) is 0 Å². The van der Waals surface area contributed by atoms with Gasteiger partial charge in [0.1, 0.15) is 5.69 Å². The Morgan fingerprint density at radius 3 is 2.37 bits per heavy atom. The summed E-state index contributed by atoms with van der Waals surface area (Å²) >= 11 is 5.93. The maximum atomic E-state index is 13.9. The van der Waals surface area contributed by atoms with Gasteiger partial charge in [0.2, 0.25) is 0 Å². The van der Waals surface area contributed by atoms with E-state index in [9.17, 15) is 22.8 Å². The van der Waals surface area contributed by atoms with E-state index in [0.29, 0.717) is 43.3 Å². The Balaban J connectivity index is 1.43. The summed E-state index contributed by atoms with van der Waals surface area (Å²) in [6.07, 6.45) is -1.29. The van der Waals surface area contributed by atoms with Crippen LogP contribution in [0, 0.1) is 0 Å². The smallest absolute Gasteiger partial charge is 0.352 e. The number of piperazine rings is 1. The molecule has 0 spiro atoms. The van der Waals surface area contributed by atoms with Gasteiger partial charge >= 0.3 is 6.18 Å². The molecule has 1 atom stereocenters. The summed E-state index contributed by atoms with van der Waals surface area (Å²) in [7, 11) is 0. The molecule has 4 rings (SSSR count). The zero-order valence-corrected chi connectivity index (χ0v) is 22.2. The monoisotopic (exact) mass is 552 g/mol. The van der Waals surface area contributed by atoms with Crippen molar-refractivity contribution in [3.05, 3.63) is 52.4 Å². The summed E-state index contributed by atoms with van der Waals surface area (Å²) in [6, 6.07) is 7.13. The molecule has 2 saturated heterocycles. The SMILES string of the molecule is CCNC(=O)c1cnc(N2CCN(C3CCN(C(=O)c4ccc(Cl)cc4)CC3)[C@@H](CC)C2)c(C(F)(F)F)n1. The molecule has 0 radical (unpaired) electrons. The van der Waals surface area contributed by atoms with Crippen molar-refractivity contribution in [3.63, 3.8) is 0 Å². The van der Waals surface area contributed by atoms with Crippen LogP contribution in [0.1, 0.15) is 59.7 Å². The molecule has 2 amide bonds. The number of anilines is 1. The first-order valence-electron chi connectivity index (χ1n) is 12.9. The predicted octanol–water partition coefficient (Wildman–Crippen LogP) is 4.10. The van der Waals surface area contributed by atoms with E-state index in [2.05, 4.69) is 20.2 Å². The second-order valence-corrected chi connectivity index (χ2v) is 10.00. The number of carbonyl (C=O) groups is 2. The molecule has 38 heavy (non-hydrogen) atoms. The van der Waals surface area contributed by atoms with Crippen molar-refractivity contribution >= 4 is 29.2 Å². The molecule has 0 bridgehead atoms. The fourth-order valence-corrected chi connectivity index (χ4v) is 5.37. The van der Waals surface area contributed by atoms with Gasteiger partial charge in [-0.2, -0.15) is 13.2 Å².